The third kappa shape index (κ3) is 33.7. The second kappa shape index (κ2) is 37.8. The number of nitrogens with one attached hydrogen (secondary N) is 1. The molecule has 0 heterocycles. The van der Waals surface area contributed by atoms with Crippen LogP contribution in [0.5, 0.6) is 0 Å². The van der Waals surface area contributed by atoms with Crippen LogP contribution < -0.4 is 5.32 Å². The minimum Gasteiger partial charge on any atom is -0.394 e. The monoisotopic (exact) mass is 644 g/mol. The molecule has 0 saturated heterocycles. The van der Waals surface area contributed by atoms with Crippen molar-refractivity contribution in [2.24, 2.45) is 0 Å². The molecule has 0 fully saturated rings. The van der Waals surface area contributed by atoms with Crippen molar-refractivity contribution in [3.8, 4) is 0 Å². The van der Waals surface area contributed by atoms with Crippen LogP contribution in [0.1, 0.15) is 194 Å². The predicted octanol–water partition coefficient (Wildman–Crippen LogP) is 12.0. The average molecular weight is 644 g/mol. The van der Waals surface area contributed by atoms with E-state index in [9.17, 15) is 15.0 Å². The van der Waals surface area contributed by atoms with Crippen LogP contribution in [0.15, 0.2) is 48.6 Å². The van der Waals surface area contributed by atoms with Gasteiger partial charge in [-0.15, -0.1) is 0 Å². The third-order valence-electron chi connectivity index (χ3n) is 8.78. The van der Waals surface area contributed by atoms with Crippen LogP contribution in [0, 0.1) is 0 Å². The Balaban J connectivity index is 3.59. The molecule has 0 aromatic carbocycles. The van der Waals surface area contributed by atoms with Crippen LogP contribution in [0.3, 0.4) is 0 Å². The van der Waals surface area contributed by atoms with Crippen molar-refractivity contribution >= 4 is 5.91 Å². The topological polar surface area (TPSA) is 69.6 Å². The maximum atomic E-state index is 12.3. The van der Waals surface area contributed by atoms with Crippen LogP contribution in [0.4, 0.5) is 0 Å². The minimum absolute atomic E-state index is 0.0794. The molecule has 0 spiro atoms. The standard InChI is InChI=1S/C42H77NO3/c1-3-5-7-9-11-13-15-16-17-18-19-20-21-22-23-24-25-26-28-30-32-34-36-38-42(46)43-40(39-44)41(45)37-35-33-31-29-27-14-12-10-8-6-4-2/h15-16,18-19,27,29,35,37,40-41,44-45H,3-14,17,20-26,28,30-34,36,38-39H2,1-2H3,(H,43,46)/b16-15-,19-18-,29-27+,37-35+. The van der Waals surface area contributed by atoms with E-state index in [-0.39, 0.29) is 12.5 Å². The normalized spacial score (nSPS) is 13.6. The highest BCUT2D eigenvalue weighted by Crippen LogP contribution is 2.13. The van der Waals surface area contributed by atoms with Crippen molar-refractivity contribution in [2.45, 2.75) is 206 Å². The molecule has 46 heavy (non-hydrogen) atoms. The summed E-state index contributed by atoms with van der Waals surface area (Å²) >= 11 is 0. The van der Waals surface area contributed by atoms with Gasteiger partial charge < -0.3 is 15.5 Å². The van der Waals surface area contributed by atoms with E-state index in [1.54, 1.807) is 6.08 Å². The Morgan fingerprint density at radius 3 is 1.39 bits per heavy atom. The van der Waals surface area contributed by atoms with Crippen LogP contribution in [-0.2, 0) is 4.79 Å². The fraction of sp³-hybridized carbons (Fsp3) is 0.786. The molecule has 0 bridgehead atoms. The largest absolute Gasteiger partial charge is 0.394 e. The number of hydrogen-bond acceptors (Lipinski definition) is 3. The van der Waals surface area contributed by atoms with Gasteiger partial charge in [-0.1, -0.05) is 172 Å². The number of aliphatic hydroxyl groups excluding tert-OH is 2. The highest BCUT2D eigenvalue weighted by molar-refractivity contribution is 5.76. The fourth-order valence-electron chi connectivity index (χ4n) is 5.69. The first kappa shape index (κ1) is 44.4. The fourth-order valence-corrected chi connectivity index (χ4v) is 5.69. The van der Waals surface area contributed by atoms with Gasteiger partial charge in [0.2, 0.25) is 5.91 Å². The summed E-state index contributed by atoms with van der Waals surface area (Å²) in [4.78, 5) is 12.3. The van der Waals surface area contributed by atoms with E-state index < -0.39 is 12.1 Å². The van der Waals surface area contributed by atoms with Gasteiger partial charge in [0.25, 0.3) is 0 Å². The molecule has 2 atom stereocenters. The van der Waals surface area contributed by atoms with E-state index in [0.717, 1.165) is 38.5 Å². The van der Waals surface area contributed by atoms with Gasteiger partial charge in [0.1, 0.15) is 0 Å². The van der Waals surface area contributed by atoms with Crippen molar-refractivity contribution < 1.29 is 15.0 Å². The summed E-state index contributed by atoms with van der Waals surface area (Å²) in [5.74, 6) is -0.0794. The maximum Gasteiger partial charge on any atom is 0.220 e. The summed E-state index contributed by atoms with van der Waals surface area (Å²) in [6, 6.07) is -0.638. The number of aliphatic hydroxyl groups is 2. The van der Waals surface area contributed by atoms with E-state index in [2.05, 4.69) is 55.6 Å². The Hall–Kier alpha value is -1.65. The van der Waals surface area contributed by atoms with Crippen molar-refractivity contribution in [1.82, 2.24) is 5.32 Å². The summed E-state index contributed by atoms with van der Waals surface area (Å²) in [6.07, 6.45) is 50.6. The molecule has 0 saturated carbocycles. The number of carbonyl (C=O) groups excluding carboxylic acids is 1. The van der Waals surface area contributed by atoms with E-state index in [1.165, 1.54) is 135 Å². The molecule has 0 rings (SSSR count). The molecule has 0 radical (unpaired) electrons. The summed E-state index contributed by atoms with van der Waals surface area (Å²) in [7, 11) is 0. The molecule has 0 aliphatic carbocycles. The van der Waals surface area contributed by atoms with Gasteiger partial charge in [-0.3, -0.25) is 4.79 Å². The van der Waals surface area contributed by atoms with Crippen LogP contribution in [0.2, 0.25) is 0 Å². The number of allylic oxidation sites excluding steroid dienone is 7. The highest BCUT2D eigenvalue weighted by Gasteiger charge is 2.17. The first-order valence-electron chi connectivity index (χ1n) is 19.9. The van der Waals surface area contributed by atoms with Gasteiger partial charge in [0, 0.05) is 6.42 Å². The lowest BCUT2D eigenvalue weighted by Gasteiger charge is -2.19. The summed E-state index contributed by atoms with van der Waals surface area (Å²) in [5, 5.41) is 22.8. The second-order valence-electron chi connectivity index (χ2n) is 13.3. The molecule has 2 unspecified atom stereocenters. The molecule has 0 aliphatic heterocycles. The molecule has 4 nitrogen and oxygen atoms in total. The van der Waals surface area contributed by atoms with Gasteiger partial charge in [-0.05, 0) is 64.2 Å². The van der Waals surface area contributed by atoms with E-state index in [0.29, 0.717) is 6.42 Å². The van der Waals surface area contributed by atoms with Gasteiger partial charge in [0.05, 0.1) is 18.8 Å². The first-order valence-corrected chi connectivity index (χ1v) is 19.9. The number of hydrogen-bond donors (Lipinski definition) is 3. The van der Waals surface area contributed by atoms with Crippen LogP contribution in [0.25, 0.3) is 0 Å². The Labute approximate surface area is 286 Å². The van der Waals surface area contributed by atoms with Gasteiger partial charge in [-0.25, -0.2) is 0 Å². The SMILES string of the molecule is CCCCCCC/C=C\C/C=C\CCCCCCCCCCCCCC(=O)NC(CO)C(O)/C=C/CC/C=C/CCCCCCC. The summed E-state index contributed by atoms with van der Waals surface area (Å²) in [5.41, 5.74) is 0. The van der Waals surface area contributed by atoms with Crippen molar-refractivity contribution in [1.29, 1.82) is 0 Å². The van der Waals surface area contributed by atoms with Crippen molar-refractivity contribution in [3.05, 3.63) is 48.6 Å². The van der Waals surface area contributed by atoms with Gasteiger partial charge in [-0.2, -0.15) is 0 Å². The van der Waals surface area contributed by atoms with Crippen LogP contribution in [-0.4, -0.2) is 34.9 Å². The number of unbranched alkanes of at least 4 members (excludes halogenated alkanes) is 22. The van der Waals surface area contributed by atoms with Crippen LogP contribution >= 0.6 is 0 Å². The number of rotatable bonds is 35. The average Bonchev–Trinajstić information content (AvgIpc) is 3.06. The zero-order valence-electron chi connectivity index (χ0n) is 30.6. The Kier molecular flexibility index (Phi) is 36.4. The Bertz CT molecular complexity index is 741. The number of amides is 1. The number of carbonyl (C=O) groups is 1. The van der Waals surface area contributed by atoms with Gasteiger partial charge >= 0.3 is 0 Å². The van der Waals surface area contributed by atoms with E-state index in [1.807, 2.05) is 6.08 Å². The lowest BCUT2D eigenvalue weighted by molar-refractivity contribution is -0.123. The molecule has 0 aromatic heterocycles. The molecule has 0 aliphatic rings. The minimum atomic E-state index is -0.861. The van der Waals surface area contributed by atoms with Crippen molar-refractivity contribution in [3.63, 3.8) is 0 Å². The molecule has 1 amide bonds. The zero-order chi connectivity index (χ0) is 33.6. The van der Waals surface area contributed by atoms with E-state index in [4.69, 9.17) is 0 Å². The lowest BCUT2D eigenvalue weighted by atomic mass is 10.0. The first-order chi connectivity index (χ1) is 22.7. The third-order valence-corrected chi connectivity index (χ3v) is 8.78. The summed E-state index contributed by atoms with van der Waals surface area (Å²) in [6.45, 7) is 4.25. The Morgan fingerprint density at radius 1 is 0.522 bits per heavy atom. The molecular weight excluding hydrogens is 566 g/mol. The quantitative estimate of drug-likeness (QED) is 0.0475. The molecule has 268 valence electrons. The zero-order valence-corrected chi connectivity index (χ0v) is 30.6. The molecule has 3 N–H and O–H groups in total. The lowest BCUT2D eigenvalue weighted by Crippen LogP contribution is -2.45. The molecule has 4 heteroatoms. The van der Waals surface area contributed by atoms with Crippen molar-refractivity contribution in [2.75, 3.05) is 6.61 Å². The molecular formula is C42H77NO3. The van der Waals surface area contributed by atoms with Gasteiger partial charge in [0.15, 0.2) is 0 Å². The summed E-state index contributed by atoms with van der Waals surface area (Å²) < 4.78 is 0. The second-order valence-corrected chi connectivity index (χ2v) is 13.3. The smallest absolute Gasteiger partial charge is 0.220 e. The predicted molar refractivity (Wildman–Crippen MR) is 202 cm³/mol. The molecule has 0 aromatic rings. The van der Waals surface area contributed by atoms with E-state index >= 15 is 0 Å². The maximum absolute atomic E-state index is 12.3. The highest BCUT2D eigenvalue weighted by atomic mass is 16.3. The Morgan fingerprint density at radius 2 is 0.913 bits per heavy atom.